The molecule has 1 saturated heterocycles. The number of amides is 1. The summed E-state index contributed by atoms with van der Waals surface area (Å²) in [6.07, 6.45) is 12.8. The first-order valence-corrected chi connectivity index (χ1v) is 14.5. The predicted octanol–water partition coefficient (Wildman–Crippen LogP) is 4.54. The molecule has 10 nitrogen and oxygen atoms in total. The second kappa shape index (κ2) is 14.6. The van der Waals surface area contributed by atoms with E-state index >= 15 is 0 Å². The van der Waals surface area contributed by atoms with Crippen LogP contribution in [0.5, 0.6) is 5.75 Å². The predicted molar refractivity (Wildman–Crippen MR) is 151 cm³/mol. The van der Waals surface area contributed by atoms with Gasteiger partial charge in [-0.1, -0.05) is 51.9 Å². The molecule has 2 atom stereocenters. The van der Waals surface area contributed by atoms with Crippen molar-refractivity contribution >= 4 is 34.8 Å². The van der Waals surface area contributed by atoms with Crippen molar-refractivity contribution in [3.63, 3.8) is 0 Å². The van der Waals surface area contributed by atoms with Crippen LogP contribution in [0.15, 0.2) is 18.5 Å². The number of carbonyl (C=O) groups excluding carboxylic acids is 1. The summed E-state index contributed by atoms with van der Waals surface area (Å²) in [6.45, 7) is 7.34. The van der Waals surface area contributed by atoms with Gasteiger partial charge < -0.3 is 25.8 Å². The molecule has 0 aliphatic carbocycles. The molecule has 0 spiro atoms. The van der Waals surface area contributed by atoms with E-state index in [4.69, 9.17) is 26.8 Å². The largest absolute Gasteiger partial charge is 0.490 e. The third-order valence-electron chi connectivity index (χ3n) is 7.26. The van der Waals surface area contributed by atoms with Gasteiger partial charge in [0.25, 0.3) is 5.91 Å². The normalized spacial score (nSPS) is 19.5. The van der Waals surface area contributed by atoms with Crippen molar-refractivity contribution < 1.29 is 14.3 Å². The Kier molecular flexibility index (Phi) is 10.9. The fraction of sp³-hybridized carbons (Fsp3) is 0.667. The molecule has 38 heavy (non-hydrogen) atoms. The highest BCUT2D eigenvalue weighted by Crippen LogP contribution is 2.36. The van der Waals surface area contributed by atoms with Gasteiger partial charge in [-0.25, -0.2) is 4.68 Å². The van der Waals surface area contributed by atoms with E-state index in [9.17, 15) is 4.79 Å². The zero-order valence-corrected chi connectivity index (χ0v) is 23.2. The van der Waals surface area contributed by atoms with Crippen LogP contribution in [-0.2, 0) is 4.74 Å². The molecule has 0 bridgehead atoms. The lowest BCUT2D eigenvalue weighted by atomic mass is 10.0. The zero-order chi connectivity index (χ0) is 26.7. The second-order valence-electron chi connectivity index (χ2n) is 10.1. The van der Waals surface area contributed by atoms with Gasteiger partial charge in [-0.15, -0.1) is 11.6 Å². The number of hydrogen-bond acceptors (Lipinski definition) is 8. The van der Waals surface area contributed by atoms with Crippen LogP contribution in [0.4, 0.5) is 17.3 Å². The number of nitrogens with two attached hydrogens (primary N) is 1. The Morgan fingerprint density at radius 2 is 2.00 bits per heavy atom. The number of fused-ring (bicyclic) bond motifs is 1. The first-order chi connectivity index (χ1) is 18.6. The van der Waals surface area contributed by atoms with Crippen LogP contribution in [-0.4, -0.2) is 76.9 Å². The molecule has 2 unspecified atom stereocenters. The van der Waals surface area contributed by atoms with Crippen LogP contribution in [0, 0.1) is 0 Å². The van der Waals surface area contributed by atoms with Crippen LogP contribution < -0.4 is 21.1 Å². The number of aromatic nitrogens is 3. The van der Waals surface area contributed by atoms with Crippen molar-refractivity contribution in [3.05, 3.63) is 24.0 Å². The van der Waals surface area contributed by atoms with Crippen LogP contribution in [0.3, 0.4) is 0 Å². The highest BCUT2D eigenvalue weighted by atomic mass is 35.5. The summed E-state index contributed by atoms with van der Waals surface area (Å²) in [6, 6.07) is 1.74. The van der Waals surface area contributed by atoms with E-state index in [0.29, 0.717) is 36.0 Å². The molecule has 11 heteroatoms. The number of pyridine rings is 1. The van der Waals surface area contributed by atoms with Gasteiger partial charge in [0.2, 0.25) is 0 Å². The minimum absolute atomic E-state index is 0.00937. The van der Waals surface area contributed by atoms with Gasteiger partial charge in [0, 0.05) is 38.4 Å². The average Bonchev–Trinajstić information content (AvgIpc) is 3.26. The molecule has 210 valence electrons. The fourth-order valence-corrected chi connectivity index (χ4v) is 5.39. The Hall–Kier alpha value is -2.56. The smallest absolute Gasteiger partial charge is 0.263 e. The Morgan fingerprint density at radius 1 is 1.24 bits per heavy atom. The van der Waals surface area contributed by atoms with Crippen molar-refractivity contribution in [2.45, 2.75) is 69.7 Å². The number of morpholine rings is 1. The highest BCUT2D eigenvalue weighted by Gasteiger charge is 2.34. The zero-order valence-electron chi connectivity index (χ0n) is 22.5. The molecule has 2 aliphatic heterocycles. The van der Waals surface area contributed by atoms with Gasteiger partial charge in [-0.05, 0) is 6.42 Å². The maximum atomic E-state index is 13.4. The SMILES string of the molecule is CCCCCCCCCC1C(Cl)CNc2c(C(=O)Nc3cnccc3OCCN3CCOCC3)c(N)nn21. The molecule has 2 aromatic rings. The standard InChI is InChI=1S/C27H42ClN7O3/c1-2-3-4-5-6-7-8-9-22-20(28)18-31-26-24(25(29)33-35(22)26)27(36)32-21-19-30-11-10-23(21)38-17-14-34-12-15-37-16-13-34/h10-11,19-20,22,31H,2-9,12-18H2,1H3,(H2,29,33)(H,32,36). The first-order valence-electron chi connectivity index (χ1n) is 14.0. The lowest BCUT2D eigenvalue weighted by molar-refractivity contribution is 0.0323. The van der Waals surface area contributed by atoms with Crippen LogP contribution >= 0.6 is 11.6 Å². The molecule has 0 radical (unpaired) electrons. The minimum Gasteiger partial charge on any atom is -0.490 e. The van der Waals surface area contributed by atoms with Gasteiger partial charge in [-0.3, -0.25) is 14.7 Å². The highest BCUT2D eigenvalue weighted by molar-refractivity contribution is 6.21. The average molecular weight is 548 g/mol. The number of hydrogen-bond donors (Lipinski definition) is 3. The van der Waals surface area contributed by atoms with Crippen LogP contribution in [0.2, 0.25) is 0 Å². The summed E-state index contributed by atoms with van der Waals surface area (Å²) < 4.78 is 13.2. The Labute approximate surface area is 230 Å². The summed E-state index contributed by atoms with van der Waals surface area (Å²) in [5.74, 6) is 0.999. The molecule has 0 saturated carbocycles. The monoisotopic (exact) mass is 547 g/mol. The molecular formula is C27H42ClN7O3. The van der Waals surface area contributed by atoms with Gasteiger partial charge in [0.05, 0.1) is 30.8 Å². The Bertz CT molecular complexity index is 1030. The van der Waals surface area contributed by atoms with E-state index in [2.05, 4.69) is 32.5 Å². The van der Waals surface area contributed by atoms with Crippen LogP contribution in [0.25, 0.3) is 0 Å². The van der Waals surface area contributed by atoms with E-state index < -0.39 is 0 Å². The summed E-state index contributed by atoms with van der Waals surface area (Å²) in [4.78, 5) is 19.9. The fourth-order valence-electron chi connectivity index (χ4n) is 5.08. The molecule has 4 N–H and O–H groups in total. The molecule has 2 aromatic heterocycles. The second-order valence-corrected chi connectivity index (χ2v) is 10.6. The van der Waals surface area contributed by atoms with Crippen molar-refractivity contribution in [2.75, 3.05) is 62.4 Å². The lowest BCUT2D eigenvalue weighted by Crippen LogP contribution is -2.38. The summed E-state index contributed by atoms with van der Waals surface area (Å²) in [5.41, 5.74) is 7.08. The quantitative estimate of drug-likeness (QED) is 0.233. The molecule has 4 heterocycles. The van der Waals surface area contributed by atoms with E-state index in [1.807, 2.05) is 4.68 Å². The maximum absolute atomic E-state index is 13.4. The number of nitrogens with one attached hydrogen (secondary N) is 2. The Balaban J connectivity index is 1.37. The number of nitrogens with zero attached hydrogens (tertiary/aromatic N) is 4. The minimum atomic E-state index is -0.357. The molecule has 0 aromatic carbocycles. The van der Waals surface area contributed by atoms with Crippen LogP contribution in [0.1, 0.15) is 74.7 Å². The van der Waals surface area contributed by atoms with Crippen molar-refractivity contribution in [3.8, 4) is 5.75 Å². The number of rotatable bonds is 14. The van der Waals surface area contributed by atoms with Gasteiger partial charge in [0.1, 0.15) is 29.4 Å². The lowest BCUT2D eigenvalue weighted by Gasteiger charge is -2.30. The topological polar surface area (TPSA) is 120 Å². The van der Waals surface area contributed by atoms with Gasteiger partial charge in [-0.2, -0.15) is 5.10 Å². The molecule has 4 rings (SSSR count). The molecular weight excluding hydrogens is 506 g/mol. The Morgan fingerprint density at radius 3 is 2.79 bits per heavy atom. The van der Waals surface area contributed by atoms with E-state index in [-0.39, 0.29) is 23.1 Å². The number of alkyl halides is 1. The third kappa shape index (κ3) is 7.51. The maximum Gasteiger partial charge on any atom is 0.263 e. The summed E-state index contributed by atoms with van der Waals surface area (Å²) in [5, 5.41) is 10.6. The molecule has 1 amide bonds. The van der Waals surface area contributed by atoms with E-state index in [0.717, 1.165) is 45.7 Å². The van der Waals surface area contributed by atoms with Crippen molar-refractivity contribution in [1.82, 2.24) is 19.7 Å². The number of nitrogen functional groups attached to an aromatic ring is 1. The first kappa shape index (κ1) is 28.4. The van der Waals surface area contributed by atoms with Crippen molar-refractivity contribution in [2.24, 2.45) is 0 Å². The molecule has 2 aliphatic rings. The number of ether oxygens (including phenoxy) is 2. The third-order valence-corrected chi connectivity index (χ3v) is 7.71. The van der Waals surface area contributed by atoms with Gasteiger partial charge in [0.15, 0.2) is 5.82 Å². The van der Waals surface area contributed by atoms with Crippen molar-refractivity contribution in [1.29, 1.82) is 0 Å². The summed E-state index contributed by atoms with van der Waals surface area (Å²) in [7, 11) is 0. The number of unbranched alkanes of at least 4 members (excludes halogenated alkanes) is 6. The van der Waals surface area contributed by atoms with Gasteiger partial charge >= 0.3 is 0 Å². The summed E-state index contributed by atoms with van der Waals surface area (Å²) >= 11 is 6.69. The number of halogens is 1. The van der Waals surface area contributed by atoms with E-state index in [1.165, 1.54) is 38.5 Å². The number of carbonyl (C=O) groups is 1. The molecule has 1 fully saturated rings. The van der Waals surface area contributed by atoms with E-state index in [1.54, 1.807) is 18.5 Å². The number of anilines is 3.